The van der Waals surface area contributed by atoms with E-state index >= 15 is 0 Å². The third-order valence-electron chi connectivity index (χ3n) is 5.33. The number of pyridine rings is 1. The van der Waals surface area contributed by atoms with Gasteiger partial charge in [-0.25, -0.2) is 4.98 Å². The molecule has 0 bridgehead atoms. The minimum atomic E-state index is -0.499. The molecule has 0 unspecified atom stereocenters. The quantitative estimate of drug-likeness (QED) is 0.609. The number of nitrogens with zero attached hydrogens (tertiary/aromatic N) is 2. The van der Waals surface area contributed by atoms with Gasteiger partial charge in [0.15, 0.2) is 0 Å². The molecule has 0 radical (unpaired) electrons. The largest absolute Gasteiger partial charge is 0.494 e. The number of carbonyl (C=O) groups excluding carboxylic acids is 2. The second-order valence-corrected chi connectivity index (χ2v) is 8.34. The van der Waals surface area contributed by atoms with E-state index in [4.69, 9.17) is 15.2 Å². The molecule has 31 heavy (non-hydrogen) atoms. The van der Waals surface area contributed by atoms with E-state index in [9.17, 15) is 9.59 Å². The molecular formula is C23H25N3O4S. The summed E-state index contributed by atoms with van der Waals surface area (Å²) >= 11 is 1.27. The van der Waals surface area contributed by atoms with Crippen molar-refractivity contribution in [3.8, 4) is 5.75 Å². The maximum atomic E-state index is 12.9. The van der Waals surface area contributed by atoms with Crippen LogP contribution in [0.3, 0.4) is 0 Å². The molecule has 8 heteroatoms. The Morgan fingerprint density at radius 1 is 1.29 bits per heavy atom. The first-order valence-electron chi connectivity index (χ1n) is 10.3. The molecule has 2 amide bonds. The molecule has 0 aliphatic carbocycles. The highest BCUT2D eigenvalue weighted by Crippen LogP contribution is 2.37. The summed E-state index contributed by atoms with van der Waals surface area (Å²) in [6, 6.07) is 11.6. The number of aryl methyl sites for hydroxylation is 1. The summed E-state index contributed by atoms with van der Waals surface area (Å²) in [7, 11) is 0. The summed E-state index contributed by atoms with van der Waals surface area (Å²) in [5, 5.41) is 0.856. The summed E-state index contributed by atoms with van der Waals surface area (Å²) in [5.74, 6) is 0.400. The van der Waals surface area contributed by atoms with Crippen LogP contribution < -0.4 is 10.5 Å². The molecule has 0 spiro atoms. The number of carbonyl (C=O) groups is 2. The lowest BCUT2D eigenvalue weighted by atomic mass is 10.0. The predicted molar refractivity (Wildman–Crippen MR) is 119 cm³/mol. The summed E-state index contributed by atoms with van der Waals surface area (Å²) in [6.07, 6.45) is 2.36. The Hall–Kier alpha value is -2.97. The molecule has 3 heterocycles. The van der Waals surface area contributed by atoms with Crippen molar-refractivity contribution < 1.29 is 19.1 Å². The van der Waals surface area contributed by atoms with E-state index in [0.717, 1.165) is 27.1 Å². The van der Waals surface area contributed by atoms with Gasteiger partial charge in [-0.3, -0.25) is 9.59 Å². The molecule has 2 aromatic heterocycles. The minimum Gasteiger partial charge on any atom is -0.494 e. The molecule has 1 aliphatic rings. The van der Waals surface area contributed by atoms with Crippen LogP contribution in [-0.2, 0) is 16.0 Å². The van der Waals surface area contributed by atoms with Crippen LogP contribution in [0.15, 0.2) is 42.6 Å². The van der Waals surface area contributed by atoms with Gasteiger partial charge in [0, 0.05) is 30.1 Å². The van der Waals surface area contributed by atoms with Crippen LogP contribution in [0.4, 0.5) is 0 Å². The van der Waals surface area contributed by atoms with Gasteiger partial charge in [-0.1, -0.05) is 18.2 Å². The number of hydrogen-bond donors (Lipinski definition) is 1. The average Bonchev–Trinajstić information content (AvgIpc) is 3.19. The number of primary amides is 1. The molecule has 2 N–H and O–H groups in total. The van der Waals surface area contributed by atoms with Gasteiger partial charge in [-0.05, 0) is 37.1 Å². The number of amides is 2. The van der Waals surface area contributed by atoms with Gasteiger partial charge in [-0.15, -0.1) is 11.3 Å². The molecule has 3 aromatic rings. The first kappa shape index (κ1) is 21.3. The van der Waals surface area contributed by atoms with Crippen molar-refractivity contribution in [1.29, 1.82) is 0 Å². The van der Waals surface area contributed by atoms with Crippen molar-refractivity contribution in [2.75, 3.05) is 26.3 Å². The second kappa shape index (κ2) is 9.45. The van der Waals surface area contributed by atoms with E-state index in [2.05, 4.69) is 4.98 Å². The zero-order chi connectivity index (χ0) is 21.8. The van der Waals surface area contributed by atoms with Crippen LogP contribution in [0, 0.1) is 0 Å². The van der Waals surface area contributed by atoms with Gasteiger partial charge in [-0.2, -0.15) is 0 Å². The number of ether oxygens (including phenoxy) is 2. The molecule has 4 rings (SSSR count). The third kappa shape index (κ3) is 4.70. The van der Waals surface area contributed by atoms with Crippen molar-refractivity contribution in [2.24, 2.45) is 5.73 Å². The minimum absolute atomic E-state index is 0.0699. The van der Waals surface area contributed by atoms with E-state index in [1.165, 1.54) is 11.3 Å². The van der Waals surface area contributed by atoms with Crippen molar-refractivity contribution >= 4 is 33.4 Å². The molecule has 1 atom stereocenters. The van der Waals surface area contributed by atoms with Gasteiger partial charge < -0.3 is 20.1 Å². The Labute approximate surface area is 184 Å². The van der Waals surface area contributed by atoms with E-state index in [0.29, 0.717) is 44.0 Å². The number of aromatic nitrogens is 1. The first-order chi connectivity index (χ1) is 15.1. The number of fused-ring (bicyclic) bond motifs is 1. The lowest BCUT2D eigenvalue weighted by Gasteiger charge is -2.33. The zero-order valence-corrected chi connectivity index (χ0v) is 18.2. The average molecular weight is 440 g/mol. The third-order valence-corrected chi connectivity index (χ3v) is 6.48. The number of hydrogen-bond acceptors (Lipinski definition) is 6. The number of thiophene rings is 1. The molecule has 1 fully saturated rings. The SMILES string of the molecule is CCOc1ccc(CCC(=O)N2CCO[C@H](c3c(C(N)=O)sc4ncccc34)C2)cc1. The maximum absolute atomic E-state index is 12.9. The number of morpholine rings is 1. The topological polar surface area (TPSA) is 94.7 Å². The van der Waals surface area contributed by atoms with E-state index in [1.54, 1.807) is 6.20 Å². The van der Waals surface area contributed by atoms with Crippen molar-refractivity contribution in [2.45, 2.75) is 25.9 Å². The van der Waals surface area contributed by atoms with Crippen molar-refractivity contribution in [1.82, 2.24) is 9.88 Å². The highest BCUT2D eigenvalue weighted by atomic mass is 32.1. The summed E-state index contributed by atoms with van der Waals surface area (Å²) < 4.78 is 11.4. The second-order valence-electron chi connectivity index (χ2n) is 7.34. The van der Waals surface area contributed by atoms with Crippen LogP contribution in [0.25, 0.3) is 10.2 Å². The number of nitrogens with two attached hydrogens (primary N) is 1. The van der Waals surface area contributed by atoms with Crippen molar-refractivity contribution in [3.63, 3.8) is 0 Å². The highest BCUT2D eigenvalue weighted by Gasteiger charge is 2.31. The lowest BCUT2D eigenvalue weighted by molar-refractivity contribution is -0.138. The molecular weight excluding hydrogens is 414 g/mol. The zero-order valence-electron chi connectivity index (χ0n) is 17.4. The number of rotatable bonds is 7. The Bertz CT molecular complexity index is 1080. The van der Waals surface area contributed by atoms with E-state index < -0.39 is 12.0 Å². The Balaban J connectivity index is 1.45. The van der Waals surface area contributed by atoms with E-state index in [-0.39, 0.29) is 5.91 Å². The number of benzene rings is 1. The van der Waals surface area contributed by atoms with Crippen LogP contribution >= 0.6 is 11.3 Å². The molecule has 1 aliphatic heterocycles. The predicted octanol–water partition coefficient (Wildman–Crippen LogP) is 3.33. The van der Waals surface area contributed by atoms with Crippen LogP contribution in [-0.4, -0.2) is 48.0 Å². The Morgan fingerprint density at radius 2 is 2.10 bits per heavy atom. The van der Waals surface area contributed by atoms with Crippen LogP contribution in [0.2, 0.25) is 0 Å². The van der Waals surface area contributed by atoms with E-state index in [1.807, 2.05) is 48.2 Å². The first-order valence-corrected chi connectivity index (χ1v) is 11.2. The molecule has 7 nitrogen and oxygen atoms in total. The molecule has 1 aromatic carbocycles. The highest BCUT2D eigenvalue weighted by molar-refractivity contribution is 7.20. The fourth-order valence-corrected chi connectivity index (χ4v) is 4.88. The van der Waals surface area contributed by atoms with Gasteiger partial charge in [0.2, 0.25) is 5.91 Å². The molecule has 1 saturated heterocycles. The fraction of sp³-hybridized carbons (Fsp3) is 0.348. The normalized spacial score (nSPS) is 16.4. The summed E-state index contributed by atoms with van der Waals surface area (Å²) in [6.45, 7) is 3.91. The fourth-order valence-electron chi connectivity index (χ4n) is 3.83. The van der Waals surface area contributed by atoms with Crippen molar-refractivity contribution in [3.05, 3.63) is 58.6 Å². The summed E-state index contributed by atoms with van der Waals surface area (Å²) in [5.41, 5.74) is 7.45. The monoisotopic (exact) mass is 439 g/mol. The smallest absolute Gasteiger partial charge is 0.259 e. The van der Waals surface area contributed by atoms with Gasteiger partial charge in [0.1, 0.15) is 21.6 Å². The summed E-state index contributed by atoms with van der Waals surface area (Å²) in [4.78, 5) is 32.3. The van der Waals surface area contributed by atoms with Gasteiger partial charge in [0.05, 0.1) is 19.8 Å². The standard InChI is InChI=1S/C23H25N3O4S/c1-2-29-16-8-5-15(6-9-16)7-10-19(27)26-12-13-30-18(14-26)20-17-4-3-11-25-23(17)31-21(20)22(24)28/h3-6,8-9,11,18H,2,7,10,12-14H2,1H3,(H2,24,28)/t18-/m0/s1. The van der Waals surface area contributed by atoms with Crippen LogP contribution in [0.1, 0.15) is 40.2 Å². The molecule has 162 valence electrons. The van der Waals surface area contributed by atoms with Gasteiger partial charge in [0.25, 0.3) is 5.91 Å². The van der Waals surface area contributed by atoms with Gasteiger partial charge >= 0.3 is 0 Å². The Morgan fingerprint density at radius 3 is 2.84 bits per heavy atom. The Kier molecular flexibility index (Phi) is 6.48. The maximum Gasteiger partial charge on any atom is 0.259 e. The van der Waals surface area contributed by atoms with Crippen LogP contribution in [0.5, 0.6) is 5.75 Å². The molecule has 0 saturated carbocycles. The lowest BCUT2D eigenvalue weighted by Crippen LogP contribution is -2.42.